The van der Waals surface area contributed by atoms with Crippen molar-refractivity contribution in [3.05, 3.63) is 70.8 Å². The third-order valence-corrected chi connectivity index (χ3v) is 6.79. The Morgan fingerprint density at radius 2 is 1.58 bits per heavy atom. The van der Waals surface area contributed by atoms with E-state index in [2.05, 4.69) is 65.4 Å². The van der Waals surface area contributed by atoms with Gasteiger partial charge in [-0.15, -0.1) is 24.8 Å². The molecule has 2 aromatic carbocycles. The highest BCUT2D eigenvalue weighted by Crippen LogP contribution is 2.25. The molecule has 0 unspecified atom stereocenters. The first-order chi connectivity index (χ1) is 14.2. The molecule has 5 heteroatoms. The van der Waals surface area contributed by atoms with Crippen molar-refractivity contribution < 1.29 is 4.79 Å². The van der Waals surface area contributed by atoms with Crippen LogP contribution in [0.2, 0.25) is 0 Å². The molecule has 31 heavy (non-hydrogen) atoms. The van der Waals surface area contributed by atoms with Gasteiger partial charge in [-0.3, -0.25) is 9.69 Å². The molecule has 4 rings (SSSR count). The lowest BCUT2D eigenvalue weighted by molar-refractivity contribution is 0.0961. The van der Waals surface area contributed by atoms with Crippen molar-refractivity contribution in [1.29, 1.82) is 0 Å². The van der Waals surface area contributed by atoms with E-state index in [0.717, 1.165) is 57.5 Å². The molecule has 2 heterocycles. The van der Waals surface area contributed by atoms with Gasteiger partial charge in [0, 0.05) is 31.6 Å². The number of likely N-dealkylation sites (tertiary alicyclic amines) is 1. The van der Waals surface area contributed by atoms with Crippen LogP contribution >= 0.6 is 24.8 Å². The standard InChI is InChI=1S/C26H34N2O.2ClH/c1-27-15-13-23-8-9-25(19-24(23)14-16-27)26(29)10-7-21-11-17-28(18-12-21)20-22-5-3-2-4-6-22;;/h2-6,8-9,19,21H,7,10-18,20H2,1H3;2*1H. The van der Waals surface area contributed by atoms with Crippen molar-refractivity contribution in [3.8, 4) is 0 Å². The number of benzene rings is 2. The average Bonchev–Trinajstić information content (AvgIpc) is 2.95. The third kappa shape index (κ3) is 7.32. The van der Waals surface area contributed by atoms with Gasteiger partial charge in [0.2, 0.25) is 0 Å². The highest BCUT2D eigenvalue weighted by atomic mass is 35.5. The van der Waals surface area contributed by atoms with Crippen LogP contribution in [-0.2, 0) is 19.4 Å². The van der Waals surface area contributed by atoms with Gasteiger partial charge in [-0.05, 0) is 80.9 Å². The van der Waals surface area contributed by atoms with E-state index < -0.39 is 0 Å². The molecule has 170 valence electrons. The van der Waals surface area contributed by atoms with E-state index in [1.54, 1.807) is 0 Å². The smallest absolute Gasteiger partial charge is 0.162 e. The number of piperidine rings is 1. The zero-order chi connectivity index (χ0) is 20.1. The Bertz CT molecular complexity index is 819. The van der Waals surface area contributed by atoms with Crippen molar-refractivity contribution in [2.45, 2.75) is 45.1 Å². The van der Waals surface area contributed by atoms with Gasteiger partial charge < -0.3 is 4.90 Å². The summed E-state index contributed by atoms with van der Waals surface area (Å²) in [6.45, 7) is 5.56. The summed E-state index contributed by atoms with van der Waals surface area (Å²) in [5, 5.41) is 0. The van der Waals surface area contributed by atoms with E-state index in [-0.39, 0.29) is 24.8 Å². The Hall–Kier alpha value is -1.39. The van der Waals surface area contributed by atoms with Gasteiger partial charge in [-0.2, -0.15) is 0 Å². The fourth-order valence-corrected chi connectivity index (χ4v) is 4.76. The maximum atomic E-state index is 12.8. The number of halogens is 2. The van der Waals surface area contributed by atoms with E-state index in [9.17, 15) is 4.79 Å². The second-order valence-corrected chi connectivity index (χ2v) is 8.95. The number of Topliss-reactive ketones (excluding diaryl/α,β-unsaturated/α-hetero) is 1. The van der Waals surface area contributed by atoms with Crippen LogP contribution in [0, 0.1) is 5.92 Å². The predicted molar refractivity (Wildman–Crippen MR) is 134 cm³/mol. The highest BCUT2D eigenvalue weighted by Gasteiger charge is 2.21. The summed E-state index contributed by atoms with van der Waals surface area (Å²) >= 11 is 0. The fraction of sp³-hybridized carbons (Fsp3) is 0.500. The number of ketones is 1. The summed E-state index contributed by atoms with van der Waals surface area (Å²) < 4.78 is 0. The molecular formula is C26H36Cl2N2O. The Kier molecular flexibility index (Phi) is 10.5. The van der Waals surface area contributed by atoms with E-state index in [4.69, 9.17) is 0 Å². The first-order valence-corrected chi connectivity index (χ1v) is 11.3. The largest absolute Gasteiger partial charge is 0.306 e. The lowest BCUT2D eigenvalue weighted by atomic mass is 9.89. The summed E-state index contributed by atoms with van der Waals surface area (Å²) in [5.74, 6) is 1.03. The van der Waals surface area contributed by atoms with Crippen LogP contribution < -0.4 is 0 Å². The molecule has 0 aliphatic carbocycles. The molecule has 0 amide bonds. The van der Waals surface area contributed by atoms with Gasteiger partial charge in [0.05, 0.1) is 0 Å². The van der Waals surface area contributed by atoms with Crippen LogP contribution in [0.4, 0.5) is 0 Å². The lowest BCUT2D eigenvalue weighted by Gasteiger charge is -2.32. The predicted octanol–water partition coefficient (Wildman–Crippen LogP) is 5.44. The van der Waals surface area contributed by atoms with Crippen molar-refractivity contribution in [2.75, 3.05) is 33.2 Å². The number of nitrogens with zero attached hydrogens (tertiary/aromatic N) is 2. The molecule has 1 saturated heterocycles. The minimum absolute atomic E-state index is 0. The molecule has 2 aromatic rings. The summed E-state index contributed by atoms with van der Waals surface area (Å²) in [5.41, 5.74) is 5.14. The zero-order valence-corrected chi connectivity index (χ0v) is 20.2. The first-order valence-electron chi connectivity index (χ1n) is 11.3. The normalized spacial score (nSPS) is 17.7. The average molecular weight is 463 g/mol. The SMILES string of the molecule is CN1CCc2ccc(C(=O)CCC3CCN(Cc4ccccc4)CC3)cc2CC1.Cl.Cl. The van der Waals surface area contributed by atoms with E-state index in [1.807, 2.05) is 0 Å². The van der Waals surface area contributed by atoms with Gasteiger partial charge in [0.25, 0.3) is 0 Å². The number of hydrogen-bond acceptors (Lipinski definition) is 3. The number of rotatable bonds is 6. The highest BCUT2D eigenvalue weighted by molar-refractivity contribution is 5.96. The van der Waals surface area contributed by atoms with Gasteiger partial charge in [0.15, 0.2) is 5.78 Å². The van der Waals surface area contributed by atoms with Gasteiger partial charge in [-0.25, -0.2) is 0 Å². The Balaban J connectivity index is 0.00000171. The van der Waals surface area contributed by atoms with Crippen molar-refractivity contribution in [3.63, 3.8) is 0 Å². The molecule has 2 aliphatic heterocycles. The Morgan fingerprint density at radius 3 is 2.29 bits per heavy atom. The molecule has 0 spiro atoms. The van der Waals surface area contributed by atoms with Crippen LogP contribution in [0.1, 0.15) is 52.7 Å². The van der Waals surface area contributed by atoms with Crippen molar-refractivity contribution >= 4 is 30.6 Å². The van der Waals surface area contributed by atoms with Gasteiger partial charge in [0.1, 0.15) is 0 Å². The van der Waals surface area contributed by atoms with E-state index >= 15 is 0 Å². The quantitative estimate of drug-likeness (QED) is 0.534. The van der Waals surface area contributed by atoms with Crippen LogP contribution in [0.25, 0.3) is 0 Å². The minimum Gasteiger partial charge on any atom is -0.306 e. The minimum atomic E-state index is 0. The molecule has 0 atom stereocenters. The molecule has 0 saturated carbocycles. The molecule has 0 bridgehead atoms. The van der Waals surface area contributed by atoms with Crippen LogP contribution in [0.5, 0.6) is 0 Å². The van der Waals surface area contributed by atoms with Crippen LogP contribution in [0.15, 0.2) is 48.5 Å². The monoisotopic (exact) mass is 462 g/mol. The molecule has 0 radical (unpaired) electrons. The topological polar surface area (TPSA) is 23.6 Å². The fourth-order valence-electron chi connectivity index (χ4n) is 4.76. The number of hydrogen-bond donors (Lipinski definition) is 0. The van der Waals surface area contributed by atoms with Crippen LogP contribution in [0.3, 0.4) is 0 Å². The first kappa shape index (κ1) is 25.9. The Labute approximate surface area is 200 Å². The van der Waals surface area contributed by atoms with E-state index in [0.29, 0.717) is 18.1 Å². The molecule has 0 N–H and O–H groups in total. The summed E-state index contributed by atoms with van der Waals surface area (Å²) in [6, 6.07) is 17.2. The number of carbonyl (C=O) groups excluding carboxylic acids is 1. The summed E-state index contributed by atoms with van der Waals surface area (Å²) in [7, 11) is 2.18. The van der Waals surface area contributed by atoms with Crippen molar-refractivity contribution in [1.82, 2.24) is 9.80 Å². The number of carbonyl (C=O) groups is 1. The molecule has 3 nitrogen and oxygen atoms in total. The molecular weight excluding hydrogens is 427 g/mol. The number of likely N-dealkylation sites (N-methyl/N-ethyl adjacent to an activating group) is 1. The third-order valence-electron chi connectivity index (χ3n) is 6.79. The number of fused-ring (bicyclic) bond motifs is 1. The molecule has 2 aliphatic rings. The maximum Gasteiger partial charge on any atom is 0.162 e. The van der Waals surface area contributed by atoms with E-state index in [1.165, 1.54) is 29.5 Å². The second kappa shape index (κ2) is 12.6. The summed E-state index contributed by atoms with van der Waals surface area (Å²) in [4.78, 5) is 17.7. The second-order valence-electron chi connectivity index (χ2n) is 8.95. The van der Waals surface area contributed by atoms with Gasteiger partial charge in [-0.1, -0.05) is 42.5 Å². The zero-order valence-electron chi connectivity index (χ0n) is 18.6. The van der Waals surface area contributed by atoms with Crippen molar-refractivity contribution in [2.24, 2.45) is 5.92 Å². The maximum absolute atomic E-state index is 12.8. The van der Waals surface area contributed by atoms with Crippen LogP contribution in [-0.4, -0.2) is 48.8 Å². The molecule has 0 aromatic heterocycles. The molecule has 1 fully saturated rings. The Morgan fingerprint density at radius 1 is 0.903 bits per heavy atom. The lowest BCUT2D eigenvalue weighted by Crippen LogP contribution is -2.33. The van der Waals surface area contributed by atoms with Gasteiger partial charge >= 0.3 is 0 Å². The summed E-state index contributed by atoms with van der Waals surface area (Å²) in [6.07, 6.45) is 6.34.